The van der Waals surface area contributed by atoms with Gasteiger partial charge in [-0.2, -0.15) is 0 Å². The Balaban J connectivity index is 4.26. The molecular weight excluding hydrogens is 236 g/mol. The Kier molecular flexibility index (Phi) is 5.84. The molecule has 17 heavy (non-hydrogen) atoms. The number of carbonyl (C=O) groups is 2. The first-order valence-corrected chi connectivity index (χ1v) is 5.12. The molecule has 0 aliphatic rings. The van der Waals surface area contributed by atoms with Crippen molar-refractivity contribution in [3.63, 3.8) is 0 Å². The second-order valence-electron chi connectivity index (χ2n) is 4.51. The summed E-state index contributed by atoms with van der Waals surface area (Å²) in [5.74, 6) is -1.36. The highest BCUT2D eigenvalue weighted by atomic mass is 19.3. The van der Waals surface area contributed by atoms with Crippen LogP contribution in [0.5, 0.6) is 0 Å². The van der Waals surface area contributed by atoms with Crippen LogP contribution in [0.4, 0.5) is 13.6 Å². The normalized spacial score (nSPS) is 13.3. The third kappa shape index (κ3) is 8.41. The number of hydrogen-bond acceptors (Lipinski definition) is 3. The number of hydrogen-bond donors (Lipinski definition) is 2. The molecule has 1 amide bonds. The number of carboxylic acids is 1. The molecule has 0 saturated heterocycles. The van der Waals surface area contributed by atoms with Gasteiger partial charge >= 0.3 is 12.1 Å². The Morgan fingerprint density at radius 1 is 1.29 bits per heavy atom. The van der Waals surface area contributed by atoms with Gasteiger partial charge in [0.15, 0.2) is 0 Å². The van der Waals surface area contributed by atoms with Crippen LogP contribution in [-0.2, 0) is 9.53 Å². The van der Waals surface area contributed by atoms with E-state index in [0.29, 0.717) is 0 Å². The number of ether oxygens (including phenoxy) is 1. The predicted molar refractivity (Wildman–Crippen MR) is 56.0 cm³/mol. The largest absolute Gasteiger partial charge is 0.480 e. The van der Waals surface area contributed by atoms with Crippen molar-refractivity contribution in [2.24, 2.45) is 0 Å². The van der Waals surface area contributed by atoms with Gasteiger partial charge < -0.3 is 15.2 Å². The van der Waals surface area contributed by atoms with Crippen LogP contribution in [-0.4, -0.2) is 35.2 Å². The van der Waals surface area contributed by atoms with Crippen molar-refractivity contribution >= 4 is 12.1 Å². The summed E-state index contributed by atoms with van der Waals surface area (Å²) in [4.78, 5) is 21.9. The molecule has 7 heteroatoms. The van der Waals surface area contributed by atoms with E-state index in [2.05, 4.69) is 0 Å². The summed E-state index contributed by atoms with van der Waals surface area (Å²) >= 11 is 0. The monoisotopic (exact) mass is 253 g/mol. The zero-order valence-electron chi connectivity index (χ0n) is 10.00. The molecule has 0 unspecified atom stereocenters. The van der Waals surface area contributed by atoms with Gasteiger partial charge in [0, 0.05) is 6.42 Å². The minimum absolute atomic E-state index is 0.341. The number of halogens is 2. The Hall–Kier alpha value is -1.40. The van der Waals surface area contributed by atoms with E-state index >= 15 is 0 Å². The van der Waals surface area contributed by atoms with Crippen molar-refractivity contribution in [2.75, 3.05) is 0 Å². The number of rotatable bonds is 5. The molecule has 0 fully saturated rings. The molecule has 0 saturated carbocycles. The van der Waals surface area contributed by atoms with Gasteiger partial charge in [0.25, 0.3) is 0 Å². The first-order chi connectivity index (χ1) is 7.61. The summed E-state index contributed by atoms with van der Waals surface area (Å²) in [5.41, 5.74) is -0.768. The summed E-state index contributed by atoms with van der Waals surface area (Å²) in [7, 11) is 0. The summed E-state index contributed by atoms with van der Waals surface area (Å²) < 4.78 is 28.7. The number of carbonyl (C=O) groups excluding carboxylic acids is 1. The predicted octanol–water partition coefficient (Wildman–Crippen LogP) is 2.01. The molecule has 0 aromatic rings. The molecule has 0 bridgehead atoms. The van der Waals surface area contributed by atoms with E-state index in [-0.39, 0.29) is 6.42 Å². The van der Waals surface area contributed by atoms with Crippen LogP contribution in [0.3, 0.4) is 0 Å². The lowest BCUT2D eigenvalue weighted by Gasteiger charge is -2.21. The molecule has 0 aliphatic heterocycles. The van der Waals surface area contributed by atoms with Crippen LogP contribution in [0.15, 0.2) is 0 Å². The quantitative estimate of drug-likeness (QED) is 0.785. The molecule has 0 heterocycles. The maximum atomic E-state index is 11.9. The lowest BCUT2D eigenvalue weighted by atomic mass is 10.1. The molecule has 0 aliphatic carbocycles. The molecule has 0 aromatic heterocycles. The highest BCUT2D eigenvalue weighted by Gasteiger charge is 2.24. The lowest BCUT2D eigenvalue weighted by Crippen LogP contribution is -2.43. The SMILES string of the molecule is CC(C)(C)OC(=O)N[C@@H](CCC(F)F)C(=O)O. The number of amides is 1. The van der Waals surface area contributed by atoms with E-state index < -0.39 is 36.6 Å². The van der Waals surface area contributed by atoms with Gasteiger partial charge in [-0.1, -0.05) is 0 Å². The minimum Gasteiger partial charge on any atom is -0.480 e. The number of nitrogens with one attached hydrogen (secondary N) is 1. The van der Waals surface area contributed by atoms with Crippen LogP contribution in [0.2, 0.25) is 0 Å². The third-order valence-electron chi connectivity index (χ3n) is 1.66. The average Bonchev–Trinajstić information content (AvgIpc) is 2.08. The van der Waals surface area contributed by atoms with Crippen molar-refractivity contribution in [3.05, 3.63) is 0 Å². The van der Waals surface area contributed by atoms with E-state index in [1.54, 1.807) is 20.8 Å². The van der Waals surface area contributed by atoms with E-state index in [9.17, 15) is 18.4 Å². The first-order valence-electron chi connectivity index (χ1n) is 5.12. The number of alkyl halides is 2. The Bertz CT molecular complexity index is 276. The van der Waals surface area contributed by atoms with Crippen LogP contribution in [0, 0.1) is 0 Å². The summed E-state index contributed by atoms with van der Waals surface area (Å²) in [6, 6.07) is -1.36. The standard InChI is InChI=1S/C10H17F2NO4/c1-10(2,3)17-9(16)13-6(8(14)15)4-5-7(11)12/h6-7H,4-5H2,1-3H3,(H,13,16)(H,14,15)/t6-/m0/s1. The second-order valence-corrected chi connectivity index (χ2v) is 4.51. The van der Waals surface area contributed by atoms with Crippen molar-refractivity contribution in [2.45, 2.75) is 51.7 Å². The van der Waals surface area contributed by atoms with Crippen molar-refractivity contribution < 1.29 is 28.2 Å². The second kappa shape index (κ2) is 6.36. The number of carboxylic acid groups (broad SMARTS) is 1. The van der Waals surface area contributed by atoms with Gasteiger partial charge in [-0.3, -0.25) is 0 Å². The van der Waals surface area contributed by atoms with Crippen molar-refractivity contribution in [1.29, 1.82) is 0 Å². The fourth-order valence-electron chi connectivity index (χ4n) is 1.000. The fraction of sp³-hybridized carbons (Fsp3) is 0.800. The van der Waals surface area contributed by atoms with Crippen LogP contribution >= 0.6 is 0 Å². The highest BCUT2D eigenvalue weighted by Crippen LogP contribution is 2.09. The molecule has 1 atom stereocenters. The van der Waals surface area contributed by atoms with Gasteiger partial charge in [-0.15, -0.1) is 0 Å². The molecule has 0 rings (SSSR count). The highest BCUT2D eigenvalue weighted by molar-refractivity contribution is 5.79. The summed E-state index contributed by atoms with van der Waals surface area (Å²) in [5, 5.41) is 10.8. The number of alkyl carbamates (subject to hydrolysis) is 1. The van der Waals surface area contributed by atoms with E-state index in [1.807, 2.05) is 5.32 Å². The molecule has 0 radical (unpaired) electrons. The van der Waals surface area contributed by atoms with E-state index in [4.69, 9.17) is 9.84 Å². The summed E-state index contributed by atoms with van der Waals surface area (Å²) in [6.45, 7) is 4.84. The maximum Gasteiger partial charge on any atom is 0.408 e. The van der Waals surface area contributed by atoms with Crippen LogP contribution in [0.1, 0.15) is 33.6 Å². The van der Waals surface area contributed by atoms with Gasteiger partial charge in [-0.25, -0.2) is 18.4 Å². The molecule has 2 N–H and O–H groups in total. The van der Waals surface area contributed by atoms with Crippen LogP contribution in [0.25, 0.3) is 0 Å². The molecule has 0 aromatic carbocycles. The average molecular weight is 253 g/mol. The maximum absolute atomic E-state index is 11.9. The molecule has 100 valence electrons. The smallest absolute Gasteiger partial charge is 0.408 e. The van der Waals surface area contributed by atoms with Crippen molar-refractivity contribution in [1.82, 2.24) is 5.32 Å². The van der Waals surface area contributed by atoms with Crippen LogP contribution < -0.4 is 5.32 Å². The molecule has 5 nitrogen and oxygen atoms in total. The van der Waals surface area contributed by atoms with E-state index in [1.165, 1.54) is 0 Å². The lowest BCUT2D eigenvalue weighted by molar-refractivity contribution is -0.139. The molecular formula is C10H17F2NO4. The van der Waals surface area contributed by atoms with Gasteiger partial charge in [-0.05, 0) is 27.2 Å². The fourth-order valence-corrected chi connectivity index (χ4v) is 1.000. The Labute approximate surface area is 98.1 Å². The summed E-state index contributed by atoms with van der Waals surface area (Å²) in [6.07, 6.45) is -4.46. The zero-order chi connectivity index (χ0) is 13.6. The molecule has 0 spiro atoms. The third-order valence-corrected chi connectivity index (χ3v) is 1.66. The minimum atomic E-state index is -2.60. The zero-order valence-corrected chi connectivity index (χ0v) is 10.00. The Morgan fingerprint density at radius 2 is 1.82 bits per heavy atom. The topological polar surface area (TPSA) is 75.6 Å². The van der Waals surface area contributed by atoms with E-state index in [0.717, 1.165) is 0 Å². The van der Waals surface area contributed by atoms with Crippen molar-refractivity contribution in [3.8, 4) is 0 Å². The number of aliphatic carboxylic acids is 1. The first kappa shape index (κ1) is 15.6. The van der Waals surface area contributed by atoms with Gasteiger partial charge in [0.05, 0.1) is 0 Å². The van der Waals surface area contributed by atoms with Gasteiger partial charge in [0.2, 0.25) is 6.43 Å². The van der Waals surface area contributed by atoms with Gasteiger partial charge in [0.1, 0.15) is 11.6 Å². The Morgan fingerprint density at radius 3 is 2.18 bits per heavy atom.